The van der Waals surface area contributed by atoms with Crippen LogP contribution in [0.2, 0.25) is 5.02 Å². The number of aromatic nitrogens is 2. The number of nitrogens with one attached hydrogen (secondary N) is 3. The zero-order chi connectivity index (χ0) is 23.4. The van der Waals surface area contributed by atoms with Gasteiger partial charge in [-0.05, 0) is 56.0 Å². The number of amides is 2. The summed E-state index contributed by atoms with van der Waals surface area (Å²) in [5.74, 6) is 2.11. The molecule has 9 heteroatoms. The molecule has 0 saturated heterocycles. The van der Waals surface area contributed by atoms with Crippen LogP contribution in [-0.2, 0) is 0 Å². The molecule has 1 aromatic heterocycles. The van der Waals surface area contributed by atoms with Crippen LogP contribution in [0.5, 0.6) is 5.75 Å². The molecule has 0 radical (unpaired) electrons. The number of methoxy groups -OCH3 is 1. The zero-order valence-electron chi connectivity index (χ0n) is 19.1. The van der Waals surface area contributed by atoms with Gasteiger partial charge in [-0.3, -0.25) is 0 Å². The Kier molecular flexibility index (Phi) is 7.03. The summed E-state index contributed by atoms with van der Waals surface area (Å²) in [5.41, 5.74) is 1.54. The van der Waals surface area contributed by atoms with Crippen LogP contribution >= 0.6 is 11.6 Å². The molecular formula is C24H29ClN6O2. The second-order valence-electron chi connectivity index (χ2n) is 8.42. The highest BCUT2D eigenvalue weighted by Crippen LogP contribution is 2.28. The van der Waals surface area contributed by atoms with E-state index in [0.717, 1.165) is 42.4 Å². The minimum Gasteiger partial charge on any atom is -0.495 e. The summed E-state index contributed by atoms with van der Waals surface area (Å²) in [4.78, 5) is 23.8. The van der Waals surface area contributed by atoms with Crippen molar-refractivity contribution in [3.8, 4) is 5.75 Å². The monoisotopic (exact) mass is 468 g/mol. The largest absolute Gasteiger partial charge is 0.495 e. The van der Waals surface area contributed by atoms with E-state index in [0.29, 0.717) is 22.4 Å². The molecule has 3 N–H and O–H groups in total. The number of hydrogen-bond donors (Lipinski definition) is 3. The lowest BCUT2D eigenvalue weighted by Crippen LogP contribution is -2.42. The van der Waals surface area contributed by atoms with Crippen LogP contribution < -0.4 is 25.6 Å². The summed E-state index contributed by atoms with van der Waals surface area (Å²) in [6.07, 6.45) is 3.60. The Bertz CT molecular complexity index is 1130. The van der Waals surface area contributed by atoms with Crippen molar-refractivity contribution in [1.82, 2.24) is 15.3 Å². The molecule has 0 unspecified atom stereocenters. The van der Waals surface area contributed by atoms with Crippen molar-refractivity contribution in [2.45, 2.75) is 37.8 Å². The highest BCUT2D eigenvalue weighted by atomic mass is 35.5. The van der Waals surface area contributed by atoms with Gasteiger partial charge in [-0.15, -0.1) is 0 Å². The normalized spacial score (nSPS) is 17.9. The average Bonchev–Trinajstić information content (AvgIpc) is 2.80. The molecule has 2 aromatic carbocycles. The summed E-state index contributed by atoms with van der Waals surface area (Å²) in [7, 11) is 5.53. The minimum absolute atomic E-state index is 0.117. The number of anilines is 3. The van der Waals surface area contributed by atoms with E-state index in [-0.39, 0.29) is 18.1 Å². The molecule has 8 nitrogen and oxygen atoms in total. The van der Waals surface area contributed by atoms with E-state index < -0.39 is 0 Å². The van der Waals surface area contributed by atoms with Gasteiger partial charge in [0.15, 0.2) is 0 Å². The van der Waals surface area contributed by atoms with Gasteiger partial charge >= 0.3 is 6.03 Å². The summed E-state index contributed by atoms with van der Waals surface area (Å²) in [6.45, 7) is 0. The number of ether oxygens (including phenoxy) is 1. The molecule has 1 fully saturated rings. The van der Waals surface area contributed by atoms with Crippen LogP contribution in [0.4, 0.5) is 22.2 Å². The Balaban J connectivity index is 1.31. The van der Waals surface area contributed by atoms with Gasteiger partial charge in [-0.2, -0.15) is 4.98 Å². The van der Waals surface area contributed by atoms with Crippen molar-refractivity contribution in [1.29, 1.82) is 0 Å². The zero-order valence-corrected chi connectivity index (χ0v) is 19.8. The van der Waals surface area contributed by atoms with E-state index in [4.69, 9.17) is 26.3 Å². The highest BCUT2D eigenvalue weighted by molar-refractivity contribution is 6.32. The number of hydrogen-bond acceptors (Lipinski definition) is 6. The van der Waals surface area contributed by atoms with E-state index in [1.165, 1.54) is 0 Å². The van der Waals surface area contributed by atoms with Crippen LogP contribution in [0.15, 0.2) is 42.5 Å². The first-order valence-corrected chi connectivity index (χ1v) is 11.4. The Morgan fingerprint density at radius 3 is 2.48 bits per heavy atom. The maximum absolute atomic E-state index is 12.4. The van der Waals surface area contributed by atoms with Gasteiger partial charge in [0.1, 0.15) is 11.6 Å². The number of rotatable bonds is 6. The third-order valence-electron chi connectivity index (χ3n) is 5.81. The molecule has 2 amide bonds. The summed E-state index contributed by atoms with van der Waals surface area (Å²) < 4.78 is 5.14. The minimum atomic E-state index is -0.235. The van der Waals surface area contributed by atoms with E-state index >= 15 is 0 Å². The molecule has 1 saturated carbocycles. The Labute approximate surface area is 198 Å². The molecule has 0 bridgehead atoms. The van der Waals surface area contributed by atoms with Crippen LogP contribution in [-0.4, -0.2) is 49.3 Å². The molecule has 0 spiro atoms. The molecule has 174 valence electrons. The fraction of sp³-hybridized carbons (Fsp3) is 0.375. The number of carbonyl (C=O) groups excluding carboxylic acids is 1. The molecule has 4 rings (SSSR count). The van der Waals surface area contributed by atoms with Crippen molar-refractivity contribution >= 4 is 46.0 Å². The topological polar surface area (TPSA) is 91.4 Å². The fourth-order valence-electron chi connectivity index (χ4n) is 4.13. The van der Waals surface area contributed by atoms with Crippen molar-refractivity contribution < 1.29 is 9.53 Å². The van der Waals surface area contributed by atoms with Gasteiger partial charge in [-0.25, -0.2) is 9.78 Å². The van der Waals surface area contributed by atoms with Gasteiger partial charge in [0.25, 0.3) is 0 Å². The van der Waals surface area contributed by atoms with Crippen LogP contribution in [0.25, 0.3) is 10.9 Å². The standard InChI is InChI=1S/C24H29ClN6O2/c1-31(2)22-18-6-4-5-7-20(18)29-23(30-22)26-15-8-10-16(11-9-15)27-24(32)28-17-12-13-21(33-3)19(25)14-17/h4-7,12-16H,8-11H2,1-3H3,(H,26,29,30)(H2,27,28,32). The number of benzene rings is 2. The molecule has 1 aliphatic rings. The molecule has 33 heavy (non-hydrogen) atoms. The lowest BCUT2D eigenvalue weighted by molar-refractivity contribution is 0.243. The number of fused-ring (bicyclic) bond motifs is 1. The third kappa shape index (κ3) is 5.57. The summed E-state index contributed by atoms with van der Waals surface area (Å²) in [5, 5.41) is 10.9. The Hall–Kier alpha value is -3.26. The van der Waals surface area contributed by atoms with Crippen molar-refractivity contribution in [3.05, 3.63) is 47.5 Å². The fourth-order valence-corrected chi connectivity index (χ4v) is 4.38. The SMILES string of the molecule is COc1ccc(NC(=O)NC2CCC(Nc3nc(N(C)C)c4ccccc4n3)CC2)cc1Cl. The van der Waals surface area contributed by atoms with Crippen LogP contribution in [0.1, 0.15) is 25.7 Å². The van der Waals surface area contributed by atoms with Gasteiger partial charge in [-0.1, -0.05) is 23.7 Å². The number of carbonyl (C=O) groups is 1. The van der Waals surface area contributed by atoms with Crippen LogP contribution in [0.3, 0.4) is 0 Å². The van der Waals surface area contributed by atoms with E-state index in [1.807, 2.05) is 43.3 Å². The maximum Gasteiger partial charge on any atom is 0.319 e. The second-order valence-corrected chi connectivity index (χ2v) is 8.83. The smallest absolute Gasteiger partial charge is 0.319 e. The molecule has 0 atom stereocenters. The number of urea groups is 1. The van der Waals surface area contributed by atoms with Gasteiger partial charge < -0.3 is 25.6 Å². The average molecular weight is 469 g/mol. The molecule has 1 heterocycles. The van der Waals surface area contributed by atoms with Gasteiger partial charge in [0.2, 0.25) is 5.95 Å². The third-order valence-corrected chi connectivity index (χ3v) is 6.11. The second kappa shape index (κ2) is 10.1. The van der Waals surface area contributed by atoms with Crippen LogP contribution in [0, 0.1) is 0 Å². The lowest BCUT2D eigenvalue weighted by atomic mass is 9.91. The first kappa shape index (κ1) is 22.9. The number of para-hydroxylation sites is 1. The first-order chi connectivity index (χ1) is 15.9. The Morgan fingerprint density at radius 2 is 1.79 bits per heavy atom. The molecule has 0 aliphatic heterocycles. The van der Waals surface area contributed by atoms with E-state index in [1.54, 1.807) is 25.3 Å². The van der Waals surface area contributed by atoms with Crippen molar-refractivity contribution in [2.75, 3.05) is 36.7 Å². The van der Waals surface area contributed by atoms with E-state index in [9.17, 15) is 4.79 Å². The van der Waals surface area contributed by atoms with Gasteiger partial charge in [0, 0.05) is 37.3 Å². The first-order valence-electron chi connectivity index (χ1n) is 11.0. The molecule has 1 aliphatic carbocycles. The van der Waals surface area contributed by atoms with E-state index in [2.05, 4.69) is 16.0 Å². The molecule has 3 aromatic rings. The highest BCUT2D eigenvalue weighted by Gasteiger charge is 2.23. The number of halogens is 1. The van der Waals surface area contributed by atoms with Crippen molar-refractivity contribution in [3.63, 3.8) is 0 Å². The predicted octanol–water partition coefficient (Wildman–Crippen LogP) is 4.90. The summed E-state index contributed by atoms with van der Waals surface area (Å²) in [6, 6.07) is 13.3. The maximum atomic E-state index is 12.4. The number of nitrogens with zero attached hydrogens (tertiary/aromatic N) is 3. The molecular weight excluding hydrogens is 440 g/mol. The quantitative estimate of drug-likeness (QED) is 0.476. The lowest BCUT2D eigenvalue weighted by Gasteiger charge is -2.30. The van der Waals surface area contributed by atoms with Gasteiger partial charge in [0.05, 0.1) is 17.6 Å². The van der Waals surface area contributed by atoms with Crippen molar-refractivity contribution in [2.24, 2.45) is 0 Å². The summed E-state index contributed by atoms with van der Waals surface area (Å²) >= 11 is 6.13. The Morgan fingerprint density at radius 1 is 1.06 bits per heavy atom. The predicted molar refractivity (Wildman–Crippen MR) is 134 cm³/mol.